The van der Waals surface area contributed by atoms with Gasteiger partial charge in [-0.05, 0) is 30.4 Å². The average molecular weight is 368 g/mol. The SMILES string of the molecule is O=C(O)CO[C@@H]1[C@@H]2OC[C@H](CC1(Cc1ccccc1)Cc1ccccc1)O2. The highest BCUT2D eigenvalue weighted by Crippen LogP contribution is 2.47. The molecule has 5 nitrogen and oxygen atoms in total. The number of carbonyl (C=O) groups is 1. The molecule has 0 amide bonds. The summed E-state index contributed by atoms with van der Waals surface area (Å²) in [6, 6.07) is 20.6. The summed E-state index contributed by atoms with van der Waals surface area (Å²) < 4.78 is 17.6. The molecule has 142 valence electrons. The Bertz CT molecular complexity index is 719. The van der Waals surface area contributed by atoms with Crippen LogP contribution in [-0.4, -0.2) is 42.8 Å². The Morgan fingerprint density at radius 2 is 1.63 bits per heavy atom. The Hall–Kier alpha value is -2.21. The summed E-state index contributed by atoms with van der Waals surface area (Å²) in [6.45, 7) is 0.173. The van der Waals surface area contributed by atoms with Crippen LogP contribution in [0.5, 0.6) is 0 Å². The van der Waals surface area contributed by atoms with Crippen molar-refractivity contribution in [3.05, 3.63) is 71.8 Å². The molecule has 0 spiro atoms. The molecule has 2 aromatic rings. The zero-order chi connectivity index (χ0) is 18.7. The van der Waals surface area contributed by atoms with Gasteiger partial charge < -0.3 is 19.3 Å². The van der Waals surface area contributed by atoms with Gasteiger partial charge >= 0.3 is 5.97 Å². The maximum atomic E-state index is 11.2. The lowest BCUT2D eigenvalue weighted by atomic mass is 9.67. The van der Waals surface area contributed by atoms with Gasteiger partial charge in [0.25, 0.3) is 0 Å². The van der Waals surface area contributed by atoms with Gasteiger partial charge in [0.2, 0.25) is 0 Å². The lowest BCUT2D eigenvalue weighted by Gasteiger charge is -2.46. The zero-order valence-corrected chi connectivity index (χ0v) is 15.1. The molecule has 0 saturated carbocycles. The Balaban J connectivity index is 1.70. The molecule has 2 heterocycles. The van der Waals surface area contributed by atoms with Crippen LogP contribution in [0.3, 0.4) is 0 Å². The van der Waals surface area contributed by atoms with Crippen LogP contribution in [0.25, 0.3) is 0 Å². The quantitative estimate of drug-likeness (QED) is 0.814. The summed E-state index contributed by atoms with van der Waals surface area (Å²) >= 11 is 0. The van der Waals surface area contributed by atoms with E-state index in [0.29, 0.717) is 6.61 Å². The molecule has 2 saturated heterocycles. The predicted octanol–water partition coefficient (Wildman–Crippen LogP) is 3.07. The van der Waals surface area contributed by atoms with Crippen molar-refractivity contribution in [1.29, 1.82) is 0 Å². The first-order chi connectivity index (χ1) is 13.1. The molecule has 4 rings (SSSR count). The number of carboxylic acid groups (broad SMARTS) is 1. The molecule has 5 heteroatoms. The normalized spacial score (nSPS) is 26.0. The van der Waals surface area contributed by atoms with E-state index in [2.05, 4.69) is 24.3 Å². The third-order valence-electron chi connectivity index (χ3n) is 5.44. The molecule has 0 aromatic heterocycles. The van der Waals surface area contributed by atoms with Crippen LogP contribution in [0, 0.1) is 5.41 Å². The summed E-state index contributed by atoms with van der Waals surface area (Å²) in [5.74, 6) is -0.983. The molecule has 3 atom stereocenters. The smallest absolute Gasteiger partial charge is 0.329 e. The monoisotopic (exact) mass is 368 g/mol. The number of hydrogen-bond donors (Lipinski definition) is 1. The third-order valence-corrected chi connectivity index (χ3v) is 5.44. The van der Waals surface area contributed by atoms with Gasteiger partial charge in [-0.3, -0.25) is 0 Å². The number of rotatable bonds is 7. The summed E-state index contributed by atoms with van der Waals surface area (Å²) in [5, 5.41) is 9.16. The molecule has 0 unspecified atom stereocenters. The summed E-state index contributed by atoms with van der Waals surface area (Å²) in [5.41, 5.74) is 2.12. The fourth-order valence-corrected chi connectivity index (χ4v) is 4.42. The third kappa shape index (κ3) is 4.05. The van der Waals surface area contributed by atoms with Crippen LogP contribution < -0.4 is 0 Å². The molecule has 2 fully saturated rings. The average Bonchev–Trinajstić information content (AvgIpc) is 3.05. The lowest BCUT2D eigenvalue weighted by molar-refractivity contribution is -0.225. The summed E-state index contributed by atoms with van der Waals surface area (Å²) in [4.78, 5) is 11.2. The first kappa shape index (κ1) is 18.2. The van der Waals surface area contributed by atoms with E-state index >= 15 is 0 Å². The molecule has 1 N–H and O–H groups in total. The van der Waals surface area contributed by atoms with Crippen LogP contribution in [0.1, 0.15) is 17.5 Å². The molecular formula is C22H24O5. The highest BCUT2D eigenvalue weighted by molar-refractivity contribution is 5.68. The minimum Gasteiger partial charge on any atom is -0.480 e. The fourth-order valence-electron chi connectivity index (χ4n) is 4.42. The molecule has 2 aromatic carbocycles. The maximum absolute atomic E-state index is 11.2. The molecule has 0 radical (unpaired) electrons. The van der Waals surface area contributed by atoms with Crippen LogP contribution in [0.4, 0.5) is 0 Å². The van der Waals surface area contributed by atoms with Crippen LogP contribution in [-0.2, 0) is 31.8 Å². The van der Waals surface area contributed by atoms with Crippen molar-refractivity contribution in [1.82, 2.24) is 0 Å². The fraction of sp³-hybridized carbons (Fsp3) is 0.409. The summed E-state index contributed by atoms with van der Waals surface area (Å²) in [7, 11) is 0. The van der Waals surface area contributed by atoms with Gasteiger partial charge in [0, 0.05) is 5.41 Å². The minimum absolute atomic E-state index is 0.0205. The second-order valence-electron chi connectivity index (χ2n) is 7.48. The van der Waals surface area contributed by atoms with Crippen LogP contribution in [0.15, 0.2) is 60.7 Å². The van der Waals surface area contributed by atoms with E-state index in [1.54, 1.807) is 0 Å². The standard InChI is InChI=1S/C22H24O5/c23-19(24)15-25-20-21-26-14-18(27-21)13-22(20,11-16-7-3-1-4-8-16)12-17-9-5-2-6-10-17/h1-10,18,20-21H,11-15H2,(H,23,24)/t18-,20+,21+/m0/s1. The molecule has 2 aliphatic rings. The zero-order valence-electron chi connectivity index (χ0n) is 15.1. The van der Waals surface area contributed by atoms with Gasteiger partial charge in [0.1, 0.15) is 12.7 Å². The van der Waals surface area contributed by atoms with E-state index in [9.17, 15) is 4.79 Å². The van der Waals surface area contributed by atoms with Gasteiger partial charge in [0.05, 0.1) is 12.7 Å². The van der Waals surface area contributed by atoms with E-state index in [4.69, 9.17) is 19.3 Å². The van der Waals surface area contributed by atoms with Crippen LogP contribution >= 0.6 is 0 Å². The van der Waals surface area contributed by atoms with E-state index in [-0.39, 0.29) is 18.1 Å². The molecule has 27 heavy (non-hydrogen) atoms. The van der Waals surface area contributed by atoms with Gasteiger partial charge in [0.15, 0.2) is 6.29 Å². The highest BCUT2D eigenvalue weighted by atomic mass is 16.7. The van der Waals surface area contributed by atoms with E-state index in [1.807, 2.05) is 36.4 Å². The van der Waals surface area contributed by atoms with Crippen molar-refractivity contribution < 1.29 is 24.1 Å². The Labute approximate surface area is 158 Å². The Morgan fingerprint density at radius 1 is 1.04 bits per heavy atom. The van der Waals surface area contributed by atoms with E-state index < -0.39 is 18.4 Å². The van der Waals surface area contributed by atoms with Crippen molar-refractivity contribution in [2.75, 3.05) is 13.2 Å². The number of benzene rings is 2. The van der Waals surface area contributed by atoms with Crippen LogP contribution in [0.2, 0.25) is 0 Å². The predicted molar refractivity (Wildman–Crippen MR) is 99.3 cm³/mol. The van der Waals surface area contributed by atoms with E-state index in [1.165, 1.54) is 11.1 Å². The van der Waals surface area contributed by atoms with Gasteiger partial charge in [-0.1, -0.05) is 60.7 Å². The highest BCUT2D eigenvalue weighted by Gasteiger charge is 2.54. The minimum atomic E-state index is -0.983. The Morgan fingerprint density at radius 3 is 2.19 bits per heavy atom. The van der Waals surface area contributed by atoms with Crippen molar-refractivity contribution in [2.45, 2.75) is 37.8 Å². The number of fused-ring (bicyclic) bond motifs is 2. The molecule has 2 aliphatic heterocycles. The van der Waals surface area contributed by atoms with Crippen molar-refractivity contribution in [2.24, 2.45) is 5.41 Å². The largest absolute Gasteiger partial charge is 0.480 e. The Kier molecular flexibility index (Phi) is 5.25. The van der Waals surface area contributed by atoms with Crippen molar-refractivity contribution in [3.63, 3.8) is 0 Å². The second kappa shape index (κ2) is 7.80. The maximum Gasteiger partial charge on any atom is 0.329 e. The second-order valence-corrected chi connectivity index (χ2v) is 7.48. The lowest BCUT2D eigenvalue weighted by Crippen LogP contribution is -2.53. The summed E-state index contributed by atoms with van der Waals surface area (Å²) in [6.07, 6.45) is 1.41. The molecule has 2 bridgehead atoms. The first-order valence-corrected chi connectivity index (χ1v) is 9.33. The number of carboxylic acids is 1. The number of ether oxygens (including phenoxy) is 3. The number of hydrogen-bond acceptors (Lipinski definition) is 4. The topological polar surface area (TPSA) is 65.0 Å². The van der Waals surface area contributed by atoms with Crippen molar-refractivity contribution in [3.8, 4) is 0 Å². The van der Waals surface area contributed by atoms with Gasteiger partial charge in [-0.25, -0.2) is 4.79 Å². The van der Waals surface area contributed by atoms with Gasteiger partial charge in [-0.2, -0.15) is 0 Å². The van der Waals surface area contributed by atoms with E-state index in [0.717, 1.165) is 19.3 Å². The van der Waals surface area contributed by atoms with Gasteiger partial charge in [-0.15, -0.1) is 0 Å². The molecular weight excluding hydrogens is 344 g/mol. The molecule has 0 aliphatic carbocycles. The first-order valence-electron chi connectivity index (χ1n) is 9.33. The van der Waals surface area contributed by atoms with Crippen molar-refractivity contribution >= 4 is 5.97 Å². The number of aliphatic carboxylic acids is 1.